The molecule has 0 N–H and O–H groups in total. The number of thiophene rings is 1. The lowest BCUT2D eigenvalue weighted by Crippen LogP contribution is -2.32. The van der Waals surface area contributed by atoms with Gasteiger partial charge in [-0.05, 0) is 45.8 Å². The maximum Gasteiger partial charge on any atom is 0.237 e. The summed E-state index contributed by atoms with van der Waals surface area (Å²) in [6, 6.07) is 10.9. The molecule has 0 spiro atoms. The van der Waals surface area contributed by atoms with E-state index in [4.69, 9.17) is 0 Å². The van der Waals surface area contributed by atoms with Crippen LogP contribution >= 0.6 is 43.2 Å². The molecule has 1 heterocycles. The van der Waals surface area contributed by atoms with E-state index in [0.717, 1.165) is 13.1 Å². The number of halogens is 2. The zero-order valence-corrected chi connectivity index (χ0v) is 17.1. The molecular formula is C15H15Br2NO3S2. The number of carbonyl (C=O) groups excluding carboxylic acids is 1. The van der Waals surface area contributed by atoms with Crippen LogP contribution in [-0.2, 0) is 26.9 Å². The molecular weight excluding hydrogens is 466 g/mol. The molecule has 1 amide bonds. The van der Waals surface area contributed by atoms with Crippen LogP contribution < -0.4 is 0 Å². The van der Waals surface area contributed by atoms with Crippen molar-refractivity contribution >= 4 is 58.9 Å². The minimum absolute atomic E-state index is 0.135. The van der Waals surface area contributed by atoms with Crippen molar-refractivity contribution in [1.82, 2.24) is 4.90 Å². The highest BCUT2D eigenvalue weighted by atomic mass is 79.9. The van der Waals surface area contributed by atoms with Crippen molar-refractivity contribution < 1.29 is 13.2 Å². The number of amides is 1. The molecule has 1 aromatic carbocycles. The molecule has 0 saturated heterocycles. The summed E-state index contributed by atoms with van der Waals surface area (Å²) in [6.07, 6.45) is 0. The first-order valence-electron chi connectivity index (χ1n) is 6.68. The van der Waals surface area contributed by atoms with Crippen LogP contribution in [0.5, 0.6) is 0 Å². The summed E-state index contributed by atoms with van der Waals surface area (Å²) in [5, 5.41) is 0. The second-order valence-electron chi connectivity index (χ2n) is 5.11. The Morgan fingerprint density at radius 2 is 1.78 bits per heavy atom. The molecule has 0 aliphatic heterocycles. The van der Waals surface area contributed by atoms with Gasteiger partial charge in [0.05, 0.1) is 16.1 Å². The van der Waals surface area contributed by atoms with Crippen LogP contribution in [0.4, 0.5) is 0 Å². The van der Waals surface area contributed by atoms with Crippen LogP contribution in [-0.4, -0.2) is 32.0 Å². The van der Waals surface area contributed by atoms with Gasteiger partial charge in [-0.2, -0.15) is 0 Å². The highest BCUT2D eigenvalue weighted by Gasteiger charge is 2.20. The van der Waals surface area contributed by atoms with Crippen LogP contribution in [0.2, 0.25) is 0 Å². The molecule has 8 heteroatoms. The number of hydrogen-bond donors (Lipinski definition) is 0. The van der Waals surface area contributed by atoms with Crippen LogP contribution in [0.1, 0.15) is 10.4 Å². The smallest absolute Gasteiger partial charge is 0.237 e. The van der Waals surface area contributed by atoms with E-state index in [9.17, 15) is 13.2 Å². The number of sulfone groups is 1. The number of nitrogens with zero attached hydrogens (tertiary/aromatic N) is 1. The van der Waals surface area contributed by atoms with E-state index in [1.54, 1.807) is 31.3 Å². The minimum atomic E-state index is -3.49. The predicted octanol–water partition coefficient (Wildman–Crippen LogP) is 3.85. The van der Waals surface area contributed by atoms with Crippen molar-refractivity contribution in [3.05, 3.63) is 55.1 Å². The summed E-state index contributed by atoms with van der Waals surface area (Å²) < 4.78 is 26.3. The fourth-order valence-electron chi connectivity index (χ4n) is 1.94. The number of carbonyl (C=O) groups is 1. The van der Waals surface area contributed by atoms with Crippen molar-refractivity contribution in [1.29, 1.82) is 0 Å². The van der Waals surface area contributed by atoms with E-state index < -0.39 is 21.5 Å². The average molecular weight is 481 g/mol. The molecule has 0 fully saturated rings. The predicted molar refractivity (Wildman–Crippen MR) is 100 cm³/mol. The van der Waals surface area contributed by atoms with Gasteiger partial charge in [0.25, 0.3) is 0 Å². The fourth-order valence-corrected chi connectivity index (χ4v) is 5.14. The molecule has 2 rings (SSSR count). The van der Waals surface area contributed by atoms with Crippen LogP contribution in [0.3, 0.4) is 0 Å². The van der Waals surface area contributed by atoms with Crippen LogP contribution in [0.15, 0.2) is 44.7 Å². The third-order valence-corrected chi connectivity index (χ3v) is 6.69. The summed E-state index contributed by atoms with van der Waals surface area (Å²) in [5.74, 6) is -1.01. The highest BCUT2D eigenvalue weighted by molar-refractivity contribution is 9.11. The number of hydrogen-bond acceptors (Lipinski definition) is 4. The van der Waals surface area contributed by atoms with Crippen LogP contribution in [0, 0.1) is 0 Å². The molecule has 2 aromatic rings. The molecule has 0 aliphatic rings. The monoisotopic (exact) mass is 479 g/mol. The zero-order chi connectivity index (χ0) is 17.0. The standard InChI is InChI=1S/C15H15Br2NO3S2/c1-18(8-13-6-7-14(17)22-13)15(19)10-23(20,21)9-11-2-4-12(16)5-3-11/h2-7H,8-10H2,1H3. The molecule has 4 nitrogen and oxygen atoms in total. The summed E-state index contributed by atoms with van der Waals surface area (Å²) in [4.78, 5) is 14.6. The lowest BCUT2D eigenvalue weighted by molar-refractivity contribution is -0.127. The van der Waals surface area contributed by atoms with Gasteiger partial charge >= 0.3 is 0 Å². The van der Waals surface area contributed by atoms with E-state index in [0.29, 0.717) is 12.1 Å². The lowest BCUT2D eigenvalue weighted by atomic mass is 10.2. The first-order valence-corrected chi connectivity index (χ1v) is 10.9. The highest BCUT2D eigenvalue weighted by Crippen LogP contribution is 2.23. The van der Waals surface area contributed by atoms with E-state index in [1.165, 1.54) is 16.2 Å². The number of benzene rings is 1. The van der Waals surface area contributed by atoms with E-state index >= 15 is 0 Å². The van der Waals surface area contributed by atoms with Gasteiger partial charge in [-0.25, -0.2) is 8.42 Å². The molecule has 0 aliphatic carbocycles. The second kappa shape index (κ2) is 7.92. The van der Waals surface area contributed by atoms with Crippen LogP contribution in [0.25, 0.3) is 0 Å². The Balaban J connectivity index is 1.95. The van der Waals surface area contributed by atoms with E-state index in [1.807, 2.05) is 12.1 Å². The van der Waals surface area contributed by atoms with Gasteiger partial charge in [0.1, 0.15) is 5.75 Å². The SMILES string of the molecule is CN(Cc1ccc(Br)s1)C(=O)CS(=O)(=O)Cc1ccc(Br)cc1. The van der Waals surface area contributed by atoms with Crippen molar-refractivity contribution in [2.24, 2.45) is 0 Å². The summed E-state index contributed by atoms with van der Waals surface area (Å²) >= 11 is 8.20. The maximum atomic E-state index is 12.2. The van der Waals surface area contributed by atoms with Gasteiger partial charge in [-0.1, -0.05) is 28.1 Å². The van der Waals surface area contributed by atoms with Crippen molar-refractivity contribution in [2.45, 2.75) is 12.3 Å². The van der Waals surface area contributed by atoms with E-state index in [-0.39, 0.29) is 5.75 Å². The molecule has 0 atom stereocenters. The summed E-state index contributed by atoms with van der Waals surface area (Å²) in [6.45, 7) is 0.406. The van der Waals surface area contributed by atoms with Gasteiger partial charge in [0.2, 0.25) is 5.91 Å². The van der Waals surface area contributed by atoms with Crippen molar-refractivity contribution in [2.75, 3.05) is 12.8 Å². The topological polar surface area (TPSA) is 54.5 Å². The Kier molecular flexibility index (Phi) is 6.41. The Labute approximate surface area is 156 Å². The normalized spacial score (nSPS) is 11.4. The molecule has 0 unspecified atom stereocenters. The van der Waals surface area contributed by atoms with Gasteiger partial charge in [0, 0.05) is 16.4 Å². The minimum Gasteiger partial charge on any atom is -0.340 e. The quantitative estimate of drug-likeness (QED) is 0.630. The second-order valence-corrected chi connectivity index (χ2v) is 10.6. The summed E-state index contributed by atoms with van der Waals surface area (Å²) in [5.41, 5.74) is 0.672. The third-order valence-electron chi connectivity index (χ3n) is 3.09. The molecule has 124 valence electrons. The maximum absolute atomic E-state index is 12.2. The van der Waals surface area contributed by atoms with Gasteiger partial charge in [0.15, 0.2) is 9.84 Å². The van der Waals surface area contributed by atoms with Gasteiger partial charge in [-0.15, -0.1) is 11.3 Å². The molecule has 0 saturated carbocycles. The Morgan fingerprint density at radius 1 is 1.13 bits per heavy atom. The Morgan fingerprint density at radius 3 is 2.35 bits per heavy atom. The van der Waals surface area contributed by atoms with Gasteiger partial charge < -0.3 is 4.90 Å². The Hall–Kier alpha value is -0.700. The van der Waals surface area contributed by atoms with E-state index in [2.05, 4.69) is 31.9 Å². The average Bonchev–Trinajstić information content (AvgIpc) is 2.86. The largest absolute Gasteiger partial charge is 0.340 e. The lowest BCUT2D eigenvalue weighted by Gasteiger charge is -2.16. The third kappa shape index (κ3) is 6.02. The zero-order valence-electron chi connectivity index (χ0n) is 12.3. The summed E-state index contributed by atoms with van der Waals surface area (Å²) in [7, 11) is -1.87. The first-order chi connectivity index (χ1) is 10.7. The van der Waals surface area contributed by atoms with Gasteiger partial charge in [-0.3, -0.25) is 4.79 Å². The molecule has 0 bridgehead atoms. The Bertz CT molecular complexity index is 785. The molecule has 0 radical (unpaired) electrons. The fraction of sp³-hybridized carbons (Fsp3) is 0.267. The van der Waals surface area contributed by atoms with Crippen molar-refractivity contribution in [3.63, 3.8) is 0 Å². The van der Waals surface area contributed by atoms with Crippen molar-refractivity contribution in [3.8, 4) is 0 Å². The molecule has 23 heavy (non-hydrogen) atoms. The molecule has 1 aromatic heterocycles. The number of rotatable bonds is 6. The first kappa shape index (κ1) is 18.6.